The van der Waals surface area contributed by atoms with Crippen LogP contribution in [0.15, 0.2) is 23.8 Å². The molecule has 0 unspecified atom stereocenters. The van der Waals surface area contributed by atoms with E-state index in [-0.39, 0.29) is 31.4 Å². The van der Waals surface area contributed by atoms with Crippen LogP contribution >= 0.6 is 11.6 Å². The zero-order valence-electron chi connectivity index (χ0n) is 19.8. The molecule has 4 aliphatic rings. The molecule has 3 fully saturated rings. The minimum absolute atomic E-state index is 0.0262. The van der Waals surface area contributed by atoms with Crippen molar-refractivity contribution < 1.29 is 37.7 Å². The second-order valence-electron chi connectivity index (χ2n) is 10.6. The Balaban J connectivity index is 1.86. The number of aliphatic hydroxyl groups is 1. The summed E-state index contributed by atoms with van der Waals surface area (Å²) in [6.45, 7) is 6.55. The van der Waals surface area contributed by atoms with Gasteiger partial charge >= 0.3 is 6.16 Å². The second-order valence-corrected chi connectivity index (χ2v) is 10.8. The van der Waals surface area contributed by atoms with Crippen molar-refractivity contribution in [2.24, 2.45) is 28.6 Å². The highest BCUT2D eigenvalue weighted by Gasteiger charge is 2.78. The van der Waals surface area contributed by atoms with Crippen LogP contribution in [-0.4, -0.2) is 58.9 Å². The van der Waals surface area contributed by atoms with Gasteiger partial charge in [0.05, 0.1) is 18.6 Å². The van der Waals surface area contributed by atoms with Crippen molar-refractivity contribution >= 4 is 29.3 Å². The molecule has 0 saturated heterocycles. The number of hydrogen-bond acceptors (Lipinski definition) is 6. The number of Topliss-reactive ketones (excluding diaryl/α,β-unsaturated/α-hetero) is 1. The van der Waals surface area contributed by atoms with E-state index in [1.165, 1.54) is 19.1 Å². The summed E-state index contributed by atoms with van der Waals surface area (Å²) in [4.78, 5) is 37.7. The van der Waals surface area contributed by atoms with Gasteiger partial charge in [0, 0.05) is 22.7 Å². The Labute approximate surface area is 202 Å². The molecule has 0 bridgehead atoms. The van der Waals surface area contributed by atoms with Crippen molar-refractivity contribution in [2.75, 3.05) is 12.5 Å². The van der Waals surface area contributed by atoms with Crippen LogP contribution < -0.4 is 0 Å². The first-order valence-electron chi connectivity index (χ1n) is 11.7. The van der Waals surface area contributed by atoms with Crippen molar-refractivity contribution in [1.29, 1.82) is 0 Å². The molecule has 0 amide bonds. The number of aliphatic hydroxyl groups excluding tert-OH is 1. The number of ether oxygens (including phenoxy) is 2. The van der Waals surface area contributed by atoms with Crippen molar-refractivity contribution in [3.05, 3.63) is 23.8 Å². The lowest BCUT2D eigenvalue weighted by Gasteiger charge is -2.63. The number of carbonyl (C=O) groups is 3. The van der Waals surface area contributed by atoms with Crippen molar-refractivity contribution in [3.8, 4) is 0 Å². The summed E-state index contributed by atoms with van der Waals surface area (Å²) in [6, 6.07) is 0. The molecule has 0 spiro atoms. The highest BCUT2D eigenvalue weighted by atomic mass is 35.5. The molecule has 188 valence electrons. The maximum atomic E-state index is 17.2. The smallest absolute Gasteiger partial charge is 0.435 e. The fraction of sp³-hybridized carbons (Fsp3) is 0.720. The highest BCUT2D eigenvalue weighted by molar-refractivity contribution is 6.29. The van der Waals surface area contributed by atoms with Crippen LogP contribution in [0.5, 0.6) is 0 Å². The summed E-state index contributed by atoms with van der Waals surface area (Å²) >= 11 is 5.97. The third kappa shape index (κ3) is 2.96. The summed E-state index contributed by atoms with van der Waals surface area (Å²) in [5, 5.41) is 11.4. The van der Waals surface area contributed by atoms with E-state index in [2.05, 4.69) is 0 Å². The maximum absolute atomic E-state index is 17.2. The van der Waals surface area contributed by atoms with Gasteiger partial charge in [-0.25, -0.2) is 13.6 Å². The van der Waals surface area contributed by atoms with Crippen LogP contribution in [0.25, 0.3) is 0 Å². The highest BCUT2D eigenvalue weighted by Crippen LogP contribution is 2.71. The minimum atomic E-state index is -2.29. The minimum Gasteiger partial charge on any atom is -0.435 e. The number of rotatable bonds is 4. The molecule has 0 heterocycles. The number of halogens is 3. The maximum Gasteiger partial charge on any atom is 0.509 e. The summed E-state index contributed by atoms with van der Waals surface area (Å²) < 4.78 is 43.4. The first-order chi connectivity index (χ1) is 15.8. The average Bonchev–Trinajstić information content (AvgIpc) is 2.99. The first kappa shape index (κ1) is 25.3. The van der Waals surface area contributed by atoms with Gasteiger partial charge in [-0.1, -0.05) is 19.9 Å². The number of ketones is 2. The van der Waals surface area contributed by atoms with Gasteiger partial charge in [-0.2, -0.15) is 0 Å². The van der Waals surface area contributed by atoms with E-state index < -0.39 is 75.7 Å². The molecule has 0 aromatic carbocycles. The zero-order chi connectivity index (χ0) is 25.3. The molecular weight excluding hydrogens is 470 g/mol. The molecule has 1 N–H and O–H groups in total. The Hall–Kier alpha value is -1.80. The van der Waals surface area contributed by atoms with Crippen LogP contribution in [0.4, 0.5) is 13.6 Å². The quantitative estimate of drug-likeness (QED) is 0.458. The zero-order valence-corrected chi connectivity index (χ0v) is 20.5. The largest absolute Gasteiger partial charge is 0.509 e. The molecule has 6 nitrogen and oxygen atoms in total. The Morgan fingerprint density at radius 3 is 2.56 bits per heavy atom. The molecule has 0 aromatic heterocycles. The summed E-state index contributed by atoms with van der Waals surface area (Å²) in [6.07, 6.45) is -0.746. The lowest BCUT2D eigenvalue weighted by molar-refractivity contribution is -0.224. The summed E-state index contributed by atoms with van der Waals surface area (Å²) in [5.74, 6) is -3.58. The van der Waals surface area contributed by atoms with Crippen LogP contribution in [0, 0.1) is 28.6 Å². The molecule has 0 aromatic rings. The molecule has 4 rings (SSSR count). The molecule has 0 radical (unpaired) electrons. The van der Waals surface area contributed by atoms with Crippen molar-refractivity contribution in [1.82, 2.24) is 0 Å². The van der Waals surface area contributed by atoms with E-state index >= 15 is 8.78 Å². The average molecular weight is 501 g/mol. The van der Waals surface area contributed by atoms with Crippen molar-refractivity contribution in [3.63, 3.8) is 0 Å². The van der Waals surface area contributed by atoms with E-state index in [0.29, 0.717) is 0 Å². The van der Waals surface area contributed by atoms with E-state index in [0.717, 1.165) is 6.08 Å². The van der Waals surface area contributed by atoms with Gasteiger partial charge in [0.2, 0.25) is 0 Å². The van der Waals surface area contributed by atoms with Gasteiger partial charge in [0.1, 0.15) is 6.17 Å². The van der Waals surface area contributed by atoms with Crippen LogP contribution in [0.2, 0.25) is 0 Å². The summed E-state index contributed by atoms with van der Waals surface area (Å²) in [7, 11) is 0. The standard InChI is InChI=1S/C25H31ClF2O6/c1-5-33-21(32)34-25(20(31)12-26)13(2)8-15-16-10-18(27)17-9-14(29)6-7-22(17,3)24(16,28)19(30)11-23(15,25)4/h6-7,9,13,15-16,18-19,30H,5,8,10-12H2,1-4H3/t13-,15-,16-,18-,19-,22-,23-,24-,25-/m0/s1. The first-order valence-corrected chi connectivity index (χ1v) is 12.3. The lowest BCUT2D eigenvalue weighted by atomic mass is 9.44. The fourth-order valence-corrected chi connectivity index (χ4v) is 7.97. The normalized spacial score (nSPS) is 47.2. The van der Waals surface area contributed by atoms with Crippen LogP contribution in [0.1, 0.15) is 47.0 Å². The predicted octanol–water partition coefficient (Wildman–Crippen LogP) is 4.27. The van der Waals surface area contributed by atoms with Crippen molar-refractivity contribution in [2.45, 2.75) is 70.5 Å². The molecular formula is C25H31ClF2O6. The Morgan fingerprint density at radius 2 is 1.94 bits per heavy atom. The Morgan fingerprint density at radius 1 is 1.26 bits per heavy atom. The molecule has 9 heteroatoms. The van der Waals surface area contributed by atoms with E-state index in [4.69, 9.17) is 21.1 Å². The van der Waals surface area contributed by atoms with Gasteiger partial charge in [-0.05, 0) is 56.8 Å². The molecule has 9 atom stereocenters. The SMILES string of the molecule is CCOC(=O)O[C@]1(C(=O)CCl)[C@@H](C)C[C@H]2[C@@H]3C[C@H](F)C4=CC(=O)C=C[C@]4(C)[C@@]3(F)[C@@H](O)C[C@@]21C. The molecule has 0 aliphatic heterocycles. The Kier molecular flexibility index (Phi) is 6.04. The lowest BCUT2D eigenvalue weighted by Crippen LogP contribution is -2.71. The van der Waals surface area contributed by atoms with E-state index in [1.54, 1.807) is 20.8 Å². The molecule has 4 aliphatic carbocycles. The number of fused-ring (bicyclic) bond motifs is 5. The number of carbonyl (C=O) groups excluding carboxylic acids is 3. The molecule has 3 saturated carbocycles. The van der Waals surface area contributed by atoms with Gasteiger partial charge in [0.15, 0.2) is 22.8 Å². The van der Waals surface area contributed by atoms with Crippen LogP contribution in [-0.2, 0) is 19.1 Å². The van der Waals surface area contributed by atoms with Gasteiger partial charge in [0.25, 0.3) is 0 Å². The third-order valence-electron chi connectivity index (χ3n) is 9.21. The fourth-order valence-electron chi connectivity index (χ4n) is 7.77. The number of allylic oxidation sites excluding steroid dienone is 4. The Bertz CT molecular complexity index is 982. The van der Waals surface area contributed by atoms with Gasteiger partial charge < -0.3 is 14.6 Å². The van der Waals surface area contributed by atoms with Crippen LogP contribution in [0.3, 0.4) is 0 Å². The van der Waals surface area contributed by atoms with Gasteiger partial charge in [-0.15, -0.1) is 11.6 Å². The topological polar surface area (TPSA) is 89.9 Å². The molecule has 34 heavy (non-hydrogen) atoms. The predicted molar refractivity (Wildman–Crippen MR) is 120 cm³/mol. The van der Waals surface area contributed by atoms with Gasteiger partial charge in [-0.3, -0.25) is 9.59 Å². The third-order valence-corrected chi connectivity index (χ3v) is 9.45. The number of alkyl halides is 3. The second kappa shape index (κ2) is 8.12. The van der Waals surface area contributed by atoms with E-state index in [1.807, 2.05) is 0 Å². The number of hydrogen-bond donors (Lipinski definition) is 1. The monoisotopic (exact) mass is 500 g/mol. The van der Waals surface area contributed by atoms with E-state index in [9.17, 15) is 19.5 Å². The summed E-state index contributed by atoms with van der Waals surface area (Å²) in [5.41, 5.74) is -6.76.